The maximum atomic E-state index is 12.7. The summed E-state index contributed by atoms with van der Waals surface area (Å²) in [5.74, 6) is 0.115. The Morgan fingerprint density at radius 1 is 1.03 bits per heavy atom. The maximum absolute atomic E-state index is 12.7. The molecule has 0 unspecified atom stereocenters. The van der Waals surface area contributed by atoms with Gasteiger partial charge in [0.05, 0.1) is 11.4 Å². The lowest BCUT2D eigenvalue weighted by Gasteiger charge is -2.09. The van der Waals surface area contributed by atoms with Gasteiger partial charge >= 0.3 is 0 Å². The largest absolute Gasteiger partial charge is 0.320 e. The van der Waals surface area contributed by atoms with E-state index >= 15 is 0 Å². The summed E-state index contributed by atoms with van der Waals surface area (Å²) < 4.78 is 3.44. The van der Waals surface area contributed by atoms with Crippen molar-refractivity contribution in [2.45, 2.75) is 6.92 Å². The molecule has 0 atom stereocenters. The van der Waals surface area contributed by atoms with Crippen LogP contribution in [0.5, 0.6) is 0 Å². The Labute approximate surface area is 171 Å². The molecule has 1 N–H and O–H groups in total. The number of benzene rings is 1. The molecule has 5 rings (SSSR count). The van der Waals surface area contributed by atoms with E-state index < -0.39 is 0 Å². The predicted octanol–water partition coefficient (Wildman–Crippen LogP) is 2.93. The number of imidazole rings is 1. The van der Waals surface area contributed by atoms with Crippen LogP contribution in [0.1, 0.15) is 16.1 Å². The average Bonchev–Trinajstić information content (AvgIpc) is 3.45. The van der Waals surface area contributed by atoms with E-state index in [-0.39, 0.29) is 11.6 Å². The minimum atomic E-state index is -0.361. The van der Waals surface area contributed by atoms with Crippen molar-refractivity contribution < 1.29 is 4.79 Å². The lowest BCUT2D eigenvalue weighted by molar-refractivity contribution is 0.102. The number of aromatic nitrogens is 7. The molecule has 9 heteroatoms. The van der Waals surface area contributed by atoms with E-state index in [9.17, 15) is 4.79 Å². The van der Waals surface area contributed by atoms with Crippen LogP contribution in [0.25, 0.3) is 22.7 Å². The van der Waals surface area contributed by atoms with Crippen LogP contribution in [0.2, 0.25) is 0 Å². The molecule has 0 aliphatic heterocycles. The van der Waals surface area contributed by atoms with Crippen LogP contribution in [0.15, 0.2) is 73.6 Å². The van der Waals surface area contributed by atoms with Crippen molar-refractivity contribution in [1.29, 1.82) is 0 Å². The summed E-state index contributed by atoms with van der Waals surface area (Å²) in [6.45, 7) is 2.02. The lowest BCUT2D eigenvalue weighted by Crippen LogP contribution is -2.15. The van der Waals surface area contributed by atoms with E-state index in [0.29, 0.717) is 11.5 Å². The van der Waals surface area contributed by atoms with E-state index in [0.717, 1.165) is 22.5 Å². The monoisotopic (exact) mass is 396 g/mol. The Hall–Kier alpha value is -4.40. The number of hydrogen-bond donors (Lipinski definition) is 1. The second kappa shape index (κ2) is 7.21. The third kappa shape index (κ3) is 3.18. The van der Waals surface area contributed by atoms with Crippen molar-refractivity contribution in [1.82, 2.24) is 34.3 Å². The van der Waals surface area contributed by atoms with Crippen molar-refractivity contribution in [3.8, 4) is 17.1 Å². The van der Waals surface area contributed by atoms with Crippen molar-refractivity contribution in [3.63, 3.8) is 0 Å². The number of nitrogens with one attached hydrogen (secondary N) is 1. The van der Waals surface area contributed by atoms with Gasteiger partial charge in [0, 0.05) is 18.0 Å². The second-order valence-corrected chi connectivity index (χ2v) is 6.66. The molecular formula is C21H16N8O. The predicted molar refractivity (Wildman–Crippen MR) is 110 cm³/mol. The van der Waals surface area contributed by atoms with Gasteiger partial charge in [0.2, 0.25) is 0 Å². The van der Waals surface area contributed by atoms with Crippen LogP contribution in [-0.4, -0.2) is 40.3 Å². The highest BCUT2D eigenvalue weighted by molar-refractivity contribution is 6.04. The third-order valence-electron chi connectivity index (χ3n) is 4.67. The molecule has 9 nitrogen and oxygen atoms in total. The summed E-state index contributed by atoms with van der Waals surface area (Å²) in [6, 6.07) is 14.8. The standard InChI is InChI=1S/C21H16N8O/c1-14-5-4-10-28-11-18(24-20(14)28)15-6-2-3-7-16(15)25-21(30)17-8-9-19(27-26-17)29-13-22-12-23-29/h2-13H,1H3,(H,25,30). The number of carbonyl (C=O) groups is 1. The van der Waals surface area contributed by atoms with Gasteiger partial charge in [-0.3, -0.25) is 4.79 Å². The molecule has 0 saturated carbocycles. The number of hydrogen-bond acceptors (Lipinski definition) is 6. The SMILES string of the molecule is Cc1cccn2cc(-c3ccccc3NC(=O)c3ccc(-n4cncn4)nn3)nc12. The molecule has 0 bridgehead atoms. The van der Waals surface area contributed by atoms with E-state index in [1.54, 1.807) is 12.1 Å². The molecule has 0 aliphatic carbocycles. The number of aryl methyl sites for hydroxylation is 1. The fraction of sp³-hybridized carbons (Fsp3) is 0.0476. The molecule has 4 aromatic heterocycles. The zero-order chi connectivity index (χ0) is 20.5. The van der Waals surface area contributed by atoms with Crippen LogP contribution in [0, 0.1) is 6.92 Å². The van der Waals surface area contributed by atoms with Gasteiger partial charge in [0.15, 0.2) is 11.5 Å². The Morgan fingerprint density at radius 2 is 1.93 bits per heavy atom. The summed E-state index contributed by atoms with van der Waals surface area (Å²) in [5, 5.41) is 15.0. The number of carbonyl (C=O) groups excluding carboxylic acids is 1. The Balaban J connectivity index is 1.44. The number of nitrogens with zero attached hydrogens (tertiary/aromatic N) is 7. The highest BCUT2D eigenvalue weighted by atomic mass is 16.1. The Bertz CT molecular complexity index is 1340. The van der Waals surface area contributed by atoms with Crippen molar-refractivity contribution in [2.75, 3.05) is 5.32 Å². The highest BCUT2D eigenvalue weighted by Crippen LogP contribution is 2.28. The van der Waals surface area contributed by atoms with Crippen LogP contribution in [-0.2, 0) is 0 Å². The molecule has 5 aromatic rings. The second-order valence-electron chi connectivity index (χ2n) is 6.66. The van der Waals surface area contributed by atoms with Gasteiger partial charge in [0.25, 0.3) is 5.91 Å². The number of pyridine rings is 1. The first-order chi connectivity index (χ1) is 14.7. The molecule has 0 saturated heterocycles. The molecule has 1 aromatic carbocycles. The summed E-state index contributed by atoms with van der Waals surface area (Å²) in [7, 11) is 0. The summed E-state index contributed by atoms with van der Waals surface area (Å²) in [6.07, 6.45) is 6.81. The number of para-hydroxylation sites is 1. The van der Waals surface area contributed by atoms with Gasteiger partial charge in [-0.1, -0.05) is 24.3 Å². The van der Waals surface area contributed by atoms with Crippen LogP contribution >= 0.6 is 0 Å². The van der Waals surface area contributed by atoms with Crippen LogP contribution in [0.4, 0.5) is 5.69 Å². The normalized spacial score (nSPS) is 11.0. The minimum Gasteiger partial charge on any atom is -0.320 e. The van der Waals surface area contributed by atoms with Gasteiger partial charge in [0.1, 0.15) is 18.3 Å². The first kappa shape index (κ1) is 17.7. The fourth-order valence-corrected chi connectivity index (χ4v) is 3.18. The summed E-state index contributed by atoms with van der Waals surface area (Å²) in [4.78, 5) is 21.3. The van der Waals surface area contributed by atoms with E-state index in [1.165, 1.54) is 17.3 Å². The Morgan fingerprint density at radius 3 is 2.70 bits per heavy atom. The molecule has 4 heterocycles. The smallest absolute Gasteiger partial charge is 0.276 e. The highest BCUT2D eigenvalue weighted by Gasteiger charge is 2.14. The molecule has 30 heavy (non-hydrogen) atoms. The number of rotatable bonds is 4. The third-order valence-corrected chi connectivity index (χ3v) is 4.67. The van der Waals surface area contributed by atoms with E-state index in [2.05, 4.69) is 25.6 Å². The number of amides is 1. The van der Waals surface area contributed by atoms with Gasteiger partial charge in [-0.25, -0.2) is 14.6 Å². The molecule has 0 fully saturated rings. The van der Waals surface area contributed by atoms with E-state index in [1.807, 2.05) is 60.1 Å². The fourth-order valence-electron chi connectivity index (χ4n) is 3.18. The maximum Gasteiger partial charge on any atom is 0.276 e. The molecule has 0 spiro atoms. The van der Waals surface area contributed by atoms with E-state index in [4.69, 9.17) is 4.98 Å². The van der Waals surface area contributed by atoms with Crippen molar-refractivity contribution >= 4 is 17.2 Å². The zero-order valence-corrected chi connectivity index (χ0v) is 16.0. The van der Waals surface area contributed by atoms with Crippen molar-refractivity contribution in [3.05, 3.63) is 84.8 Å². The summed E-state index contributed by atoms with van der Waals surface area (Å²) in [5.41, 5.74) is 4.38. The van der Waals surface area contributed by atoms with Gasteiger partial charge in [-0.2, -0.15) is 5.10 Å². The zero-order valence-electron chi connectivity index (χ0n) is 16.0. The van der Waals surface area contributed by atoms with Gasteiger partial charge < -0.3 is 9.72 Å². The first-order valence-corrected chi connectivity index (χ1v) is 9.23. The van der Waals surface area contributed by atoms with Crippen LogP contribution < -0.4 is 5.32 Å². The number of anilines is 1. The van der Waals surface area contributed by atoms with Crippen molar-refractivity contribution in [2.24, 2.45) is 0 Å². The topological polar surface area (TPSA) is 103 Å². The average molecular weight is 396 g/mol. The lowest BCUT2D eigenvalue weighted by atomic mass is 10.1. The Kier molecular flexibility index (Phi) is 4.25. The molecule has 0 radical (unpaired) electrons. The molecular weight excluding hydrogens is 380 g/mol. The quantitative estimate of drug-likeness (QED) is 0.501. The minimum absolute atomic E-state index is 0.194. The first-order valence-electron chi connectivity index (χ1n) is 9.23. The molecule has 0 aliphatic rings. The van der Waals surface area contributed by atoms with Gasteiger partial charge in [-0.15, -0.1) is 10.2 Å². The summed E-state index contributed by atoms with van der Waals surface area (Å²) >= 11 is 0. The van der Waals surface area contributed by atoms with Crippen LogP contribution in [0.3, 0.4) is 0 Å². The molecule has 1 amide bonds. The molecule has 146 valence electrons. The number of fused-ring (bicyclic) bond motifs is 1. The van der Waals surface area contributed by atoms with Gasteiger partial charge in [-0.05, 0) is 36.8 Å².